The van der Waals surface area contributed by atoms with E-state index in [2.05, 4.69) is 26.0 Å². The first-order valence-corrected chi connectivity index (χ1v) is 11.0. The van der Waals surface area contributed by atoms with Crippen LogP contribution in [0.3, 0.4) is 0 Å². The second-order valence-corrected chi connectivity index (χ2v) is 8.68. The molecule has 0 saturated heterocycles. The van der Waals surface area contributed by atoms with Gasteiger partial charge in [-0.25, -0.2) is 0 Å². The Bertz CT molecular complexity index is 428. The van der Waals surface area contributed by atoms with Crippen LogP contribution in [0.4, 0.5) is 0 Å². The maximum absolute atomic E-state index is 12.5. The summed E-state index contributed by atoms with van der Waals surface area (Å²) in [7, 11) is 0. The van der Waals surface area contributed by atoms with Crippen molar-refractivity contribution >= 4 is 5.78 Å². The van der Waals surface area contributed by atoms with Gasteiger partial charge in [-0.3, -0.25) is 4.79 Å². The molecule has 0 heterocycles. The summed E-state index contributed by atoms with van der Waals surface area (Å²) in [5, 5.41) is 11.0. The van der Waals surface area contributed by atoms with Crippen molar-refractivity contribution in [1.29, 1.82) is 0 Å². The number of ketones is 1. The molecule has 0 aliphatic heterocycles. The van der Waals surface area contributed by atoms with Crippen LogP contribution >= 0.6 is 0 Å². The monoisotopic (exact) mass is 348 g/mol. The lowest BCUT2D eigenvalue weighted by Gasteiger charge is -2.40. The number of rotatable bonds is 11. The highest BCUT2D eigenvalue weighted by Gasteiger charge is 2.48. The Morgan fingerprint density at radius 3 is 2.60 bits per heavy atom. The summed E-state index contributed by atoms with van der Waals surface area (Å²) >= 11 is 0. The molecular formula is C23H40O2. The van der Waals surface area contributed by atoms with Gasteiger partial charge in [-0.15, -0.1) is 0 Å². The van der Waals surface area contributed by atoms with Crippen LogP contribution in [-0.2, 0) is 4.79 Å². The fourth-order valence-electron chi connectivity index (χ4n) is 5.09. The number of hydrogen-bond donors (Lipinski definition) is 1. The highest BCUT2D eigenvalue weighted by Crippen LogP contribution is 2.49. The van der Waals surface area contributed by atoms with Crippen molar-refractivity contribution in [2.24, 2.45) is 17.8 Å². The van der Waals surface area contributed by atoms with Crippen molar-refractivity contribution in [3.63, 3.8) is 0 Å². The number of carbonyl (C=O) groups is 1. The van der Waals surface area contributed by atoms with E-state index in [0.29, 0.717) is 17.6 Å². The zero-order chi connectivity index (χ0) is 18.1. The minimum absolute atomic E-state index is 0.233. The van der Waals surface area contributed by atoms with Crippen LogP contribution < -0.4 is 0 Å². The van der Waals surface area contributed by atoms with Crippen LogP contribution in [0.2, 0.25) is 0 Å². The van der Waals surface area contributed by atoms with Crippen LogP contribution in [0, 0.1) is 17.8 Å². The molecular weight excluding hydrogens is 308 g/mol. The molecule has 0 spiro atoms. The van der Waals surface area contributed by atoms with E-state index in [1.165, 1.54) is 38.5 Å². The summed E-state index contributed by atoms with van der Waals surface area (Å²) in [5.74, 6) is 1.67. The van der Waals surface area contributed by atoms with Crippen molar-refractivity contribution in [3.8, 4) is 0 Å². The van der Waals surface area contributed by atoms with Crippen LogP contribution in [0.25, 0.3) is 0 Å². The Kier molecular flexibility index (Phi) is 8.69. The molecule has 1 N–H and O–H groups in total. The number of fused-ring (bicyclic) bond motifs is 1. The lowest BCUT2D eigenvalue weighted by Crippen LogP contribution is -2.38. The summed E-state index contributed by atoms with van der Waals surface area (Å²) in [6.07, 6.45) is 19.8. The van der Waals surface area contributed by atoms with Gasteiger partial charge in [0, 0.05) is 12.3 Å². The second kappa shape index (κ2) is 10.5. The van der Waals surface area contributed by atoms with Gasteiger partial charge in [-0.05, 0) is 50.4 Å². The SMILES string of the molecule is CCCCC=CC[C@H]1C(=O)C[C@@H]2C[C@](O)(CCCCCCC)CC[C@@H]21. The van der Waals surface area contributed by atoms with E-state index >= 15 is 0 Å². The van der Waals surface area contributed by atoms with Crippen molar-refractivity contribution in [1.82, 2.24) is 0 Å². The van der Waals surface area contributed by atoms with Gasteiger partial charge < -0.3 is 5.11 Å². The minimum Gasteiger partial charge on any atom is -0.390 e. The largest absolute Gasteiger partial charge is 0.390 e. The van der Waals surface area contributed by atoms with E-state index in [0.717, 1.165) is 51.4 Å². The summed E-state index contributed by atoms with van der Waals surface area (Å²) in [6, 6.07) is 0. The van der Waals surface area contributed by atoms with E-state index in [9.17, 15) is 9.90 Å². The van der Waals surface area contributed by atoms with Gasteiger partial charge in [0.05, 0.1) is 5.60 Å². The molecule has 0 radical (unpaired) electrons. The van der Waals surface area contributed by atoms with Crippen LogP contribution in [-0.4, -0.2) is 16.5 Å². The van der Waals surface area contributed by atoms with E-state index in [1.807, 2.05) is 0 Å². The molecule has 2 rings (SSSR count). The fourth-order valence-corrected chi connectivity index (χ4v) is 5.09. The Labute approximate surface area is 155 Å². The van der Waals surface area contributed by atoms with E-state index < -0.39 is 5.60 Å². The molecule has 2 saturated carbocycles. The van der Waals surface area contributed by atoms with E-state index in [-0.39, 0.29) is 5.92 Å². The first-order chi connectivity index (χ1) is 12.1. The lowest BCUT2D eigenvalue weighted by atomic mass is 9.69. The molecule has 144 valence electrons. The molecule has 0 aromatic carbocycles. The molecule has 2 heteroatoms. The molecule has 0 aromatic rings. The topological polar surface area (TPSA) is 37.3 Å². The van der Waals surface area contributed by atoms with Gasteiger partial charge in [0.1, 0.15) is 5.78 Å². The van der Waals surface area contributed by atoms with Gasteiger partial charge in [0.15, 0.2) is 0 Å². The number of allylic oxidation sites excluding steroid dienone is 2. The minimum atomic E-state index is -0.487. The highest BCUT2D eigenvalue weighted by molar-refractivity contribution is 5.84. The Morgan fingerprint density at radius 2 is 1.84 bits per heavy atom. The number of carbonyl (C=O) groups excluding carboxylic acids is 1. The zero-order valence-electron chi connectivity index (χ0n) is 16.6. The van der Waals surface area contributed by atoms with Crippen molar-refractivity contribution in [3.05, 3.63) is 12.2 Å². The first-order valence-electron chi connectivity index (χ1n) is 11.0. The van der Waals surface area contributed by atoms with E-state index in [1.54, 1.807) is 0 Å². The molecule has 2 nitrogen and oxygen atoms in total. The average Bonchev–Trinajstić information content (AvgIpc) is 2.89. The van der Waals surface area contributed by atoms with Gasteiger partial charge in [0.2, 0.25) is 0 Å². The third-order valence-corrected chi connectivity index (χ3v) is 6.61. The van der Waals surface area contributed by atoms with E-state index in [4.69, 9.17) is 0 Å². The van der Waals surface area contributed by atoms with Crippen molar-refractivity contribution < 1.29 is 9.90 Å². The first kappa shape index (κ1) is 20.7. The predicted octanol–water partition coefficient (Wildman–Crippen LogP) is 6.22. The van der Waals surface area contributed by atoms with Crippen molar-refractivity contribution in [2.45, 2.75) is 109 Å². The standard InChI is InChI=1S/C23H40O2/c1-3-5-7-9-11-13-21-20-14-16-23(25,15-12-10-8-6-4-2)18-19(20)17-22(21)24/h9,11,19-21,25H,3-8,10,12-18H2,1-2H3/t19-,20+,21-,23+/m1/s1. The predicted molar refractivity (Wildman–Crippen MR) is 106 cm³/mol. The smallest absolute Gasteiger partial charge is 0.136 e. The molecule has 0 amide bonds. The summed E-state index contributed by atoms with van der Waals surface area (Å²) in [4.78, 5) is 12.5. The maximum atomic E-state index is 12.5. The highest BCUT2D eigenvalue weighted by atomic mass is 16.3. The number of Topliss-reactive ketones (excluding diaryl/α,β-unsaturated/α-hetero) is 1. The van der Waals surface area contributed by atoms with Crippen molar-refractivity contribution in [2.75, 3.05) is 0 Å². The quantitative estimate of drug-likeness (QED) is 0.355. The molecule has 4 atom stereocenters. The number of unbranched alkanes of at least 4 members (excludes halogenated alkanes) is 6. The molecule has 2 aliphatic rings. The lowest BCUT2D eigenvalue weighted by molar-refractivity contribution is -0.121. The Morgan fingerprint density at radius 1 is 1.08 bits per heavy atom. The van der Waals surface area contributed by atoms with Gasteiger partial charge in [0.25, 0.3) is 0 Å². The summed E-state index contributed by atoms with van der Waals surface area (Å²) < 4.78 is 0. The average molecular weight is 349 g/mol. The van der Waals surface area contributed by atoms with Gasteiger partial charge in [-0.2, -0.15) is 0 Å². The molecule has 2 aliphatic carbocycles. The zero-order valence-corrected chi connectivity index (χ0v) is 16.6. The molecule has 2 fully saturated rings. The third kappa shape index (κ3) is 6.24. The number of aliphatic hydroxyl groups is 1. The maximum Gasteiger partial charge on any atom is 0.136 e. The normalized spacial score (nSPS) is 32.4. The van der Waals surface area contributed by atoms with Gasteiger partial charge >= 0.3 is 0 Å². The molecule has 25 heavy (non-hydrogen) atoms. The van der Waals surface area contributed by atoms with Crippen LogP contribution in [0.1, 0.15) is 104 Å². The van der Waals surface area contributed by atoms with Crippen LogP contribution in [0.5, 0.6) is 0 Å². The molecule has 0 bridgehead atoms. The fraction of sp³-hybridized carbons (Fsp3) is 0.870. The second-order valence-electron chi connectivity index (χ2n) is 8.68. The molecule has 0 unspecified atom stereocenters. The Balaban J connectivity index is 1.78. The molecule has 0 aromatic heterocycles. The number of hydrogen-bond acceptors (Lipinski definition) is 2. The van der Waals surface area contributed by atoms with Gasteiger partial charge in [-0.1, -0.05) is 70.9 Å². The Hall–Kier alpha value is -0.630. The van der Waals surface area contributed by atoms with Crippen LogP contribution in [0.15, 0.2) is 12.2 Å². The summed E-state index contributed by atoms with van der Waals surface area (Å²) in [6.45, 7) is 4.45. The summed E-state index contributed by atoms with van der Waals surface area (Å²) in [5.41, 5.74) is -0.487. The third-order valence-electron chi connectivity index (χ3n) is 6.61.